The Balaban J connectivity index is 1.50. The van der Waals surface area contributed by atoms with Crippen molar-refractivity contribution in [3.63, 3.8) is 0 Å². The molecule has 0 spiro atoms. The Morgan fingerprint density at radius 2 is 2.04 bits per heavy atom. The molecule has 0 saturated carbocycles. The fraction of sp³-hybridized carbons (Fsp3) is 0.381. The van der Waals surface area contributed by atoms with Gasteiger partial charge in [0.05, 0.1) is 11.9 Å². The third-order valence-electron chi connectivity index (χ3n) is 5.16. The molecule has 4 rings (SSSR count). The fourth-order valence-electron chi connectivity index (χ4n) is 3.74. The number of nitrogens with zero attached hydrogens (tertiary/aromatic N) is 4. The van der Waals surface area contributed by atoms with E-state index in [1.165, 1.54) is 0 Å². The van der Waals surface area contributed by atoms with Crippen molar-refractivity contribution in [1.82, 2.24) is 19.4 Å². The number of alkyl halides is 1. The first kappa shape index (κ1) is 18.7. The van der Waals surface area contributed by atoms with Gasteiger partial charge in [-0.05, 0) is 37.0 Å². The van der Waals surface area contributed by atoms with Gasteiger partial charge >= 0.3 is 6.09 Å². The van der Waals surface area contributed by atoms with Gasteiger partial charge in [-0.15, -0.1) is 11.6 Å². The van der Waals surface area contributed by atoms with Crippen LogP contribution in [0.1, 0.15) is 30.7 Å². The van der Waals surface area contributed by atoms with E-state index in [1.54, 1.807) is 6.20 Å². The van der Waals surface area contributed by atoms with Crippen molar-refractivity contribution in [2.24, 2.45) is 0 Å². The summed E-state index contributed by atoms with van der Waals surface area (Å²) in [6, 6.07) is 13.6. The van der Waals surface area contributed by atoms with Crippen LogP contribution in [-0.4, -0.2) is 38.1 Å². The van der Waals surface area contributed by atoms with Crippen LogP contribution in [0.15, 0.2) is 48.7 Å². The number of piperidine rings is 1. The predicted molar refractivity (Wildman–Crippen MR) is 108 cm³/mol. The summed E-state index contributed by atoms with van der Waals surface area (Å²) in [6.07, 6.45) is 4.49. The zero-order chi connectivity index (χ0) is 19.3. The number of aromatic nitrogens is 3. The Bertz CT molecular complexity index is 944. The van der Waals surface area contributed by atoms with Gasteiger partial charge < -0.3 is 14.2 Å². The topological polar surface area (TPSA) is 60.2 Å². The Morgan fingerprint density at radius 3 is 2.86 bits per heavy atom. The highest BCUT2D eigenvalue weighted by Gasteiger charge is 2.29. The summed E-state index contributed by atoms with van der Waals surface area (Å²) in [5.74, 6) is 1.08. The van der Waals surface area contributed by atoms with E-state index in [0.29, 0.717) is 19.0 Å². The number of amides is 1. The number of benzene rings is 1. The fourth-order valence-corrected chi connectivity index (χ4v) is 3.95. The zero-order valence-electron chi connectivity index (χ0n) is 15.6. The van der Waals surface area contributed by atoms with Gasteiger partial charge in [0, 0.05) is 19.3 Å². The Kier molecular flexibility index (Phi) is 5.76. The Morgan fingerprint density at radius 1 is 1.18 bits per heavy atom. The molecule has 1 saturated heterocycles. The second-order valence-electron chi connectivity index (χ2n) is 7.00. The van der Waals surface area contributed by atoms with Crippen LogP contribution in [0, 0.1) is 0 Å². The molecule has 0 N–H and O–H groups in total. The molecule has 1 aliphatic rings. The molecule has 7 heteroatoms. The Labute approximate surface area is 169 Å². The van der Waals surface area contributed by atoms with Crippen LogP contribution < -0.4 is 0 Å². The summed E-state index contributed by atoms with van der Waals surface area (Å²) in [7, 11) is 0. The van der Waals surface area contributed by atoms with Gasteiger partial charge in [0.1, 0.15) is 17.9 Å². The number of carbonyl (C=O) groups excluding carboxylic acids is 1. The molecule has 2 aromatic heterocycles. The van der Waals surface area contributed by atoms with E-state index in [-0.39, 0.29) is 18.7 Å². The molecule has 3 heterocycles. The lowest BCUT2D eigenvalue weighted by molar-refractivity contribution is 0.0639. The van der Waals surface area contributed by atoms with E-state index < -0.39 is 0 Å². The van der Waals surface area contributed by atoms with Gasteiger partial charge in [0.25, 0.3) is 0 Å². The molecule has 3 aromatic rings. The quantitative estimate of drug-likeness (QED) is 0.599. The van der Waals surface area contributed by atoms with Gasteiger partial charge in [-0.1, -0.05) is 30.3 Å². The van der Waals surface area contributed by atoms with Gasteiger partial charge in [-0.3, -0.25) is 0 Å². The van der Waals surface area contributed by atoms with E-state index in [9.17, 15) is 4.79 Å². The Hall–Kier alpha value is -2.60. The number of halogens is 1. The van der Waals surface area contributed by atoms with Crippen LogP contribution in [0.3, 0.4) is 0 Å². The molecule has 1 aliphatic heterocycles. The summed E-state index contributed by atoms with van der Waals surface area (Å²) < 4.78 is 7.62. The molecule has 0 bridgehead atoms. The summed E-state index contributed by atoms with van der Waals surface area (Å²) in [5, 5.41) is 0. The van der Waals surface area contributed by atoms with Crippen molar-refractivity contribution in [3.8, 4) is 0 Å². The van der Waals surface area contributed by atoms with Crippen LogP contribution in [0.5, 0.6) is 0 Å². The van der Waals surface area contributed by atoms with Crippen LogP contribution in [0.25, 0.3) is 11.2 Å². The number of rotatable bonds is 5. The lowest BCUT2D eigenvalue weighted by Crippen LogP contribution is -2.46. The molecular formula is C21H23ClN4O2. The zero-order valence-corrected chi connectivity index (χ0v) is 16.4. The minimum atomic E-state index is -0.265. The first-order valence-corrected chi connectivity index (χ1v) is 10.1. The van der Waals surface area contributed by atoms with E-state index >= 15 is 0 Å². The molecule has 1 amide bonds. The average Bonchev–Trinajstić information content (AvgIpc) is 3.11. The highest BCUT2D eigenvalue weighted by atomic mass is 35.5. The third kappa shape index (κ3) is 3.97. The van der Waals surface area contributed by atoms with E-state index in [1.807, 2.05) is 51.9 Å². The van der Waals surface area contributed by atoms with Crippen molar-refractivity contribution < 1.29 is 9.53 Å². The third-order valence-corrected chi connectivity index (χ3v) is 5.40. The number of imidazole rings is 1. The summed E-state index contributed by atoms with van der Waals surface area (Å²) in [6.45, 7) is 1.61. The van der Waals surface area contributed by atoms with Crippen LogP contribution in [0.4, 0.5) is 4.79 Å². The first-order chi connectivity index (χ1) is 13.8. The smallest absolute Gasteiger partial charge is 0.410 e. The number of hydrogen-bond donors (Lipinski definition) is 0. The number of likely N-dealkylation sites (tertiary alicyclic amines) is 1. The summed E-state index contributed by atoms with van der Waals surface area (Å²) >= 11 is 6.12. The van der Waals surface area contributed by atoms with E-state index in [4.69, 9.17) is 16.3 Å². The number of carbonyl (C=O) groups is 1. The molecular weight excluding hydrogens is 376 g/mol. The minimum Gasteiger partial charge on any atom is -0.445 e. The van der Waals surface area contributed by atoms with Gasteiger partial charge in [-0.2, -0.15) is 0 Å². The maximum absolute atomic E-state index is 12.8. The van der Waals surface area contributed by atoms with Crippen molar-refractivity contribution in [2.75, 3.05) is 6.54 Å². The number of fused-ring (bicyclic) bond motifs is 1. The van der Waals surface area contributed by atoms with Crippen molar-refractivity contribution >= 4 is 28.9 Å². The lowest BCUT2D eigenvalue weighted by Gasteiger charge is -2.35. The first-order valence-electron chi connectivity index (χ1n) is 9.59. The molecule has 0 radical (unpaired) electrons. The summed E-state index contributed by atoms with van der Waals surface area (Å²) in [5.41, 5.74) is 2.62. The molecule has 0 aliphatic carbocycles. The molecule has 28 heavy (non-hydrogen) atoms. The van der Waals surface area contributed by atoms with E-state index in [0.717, 1.165) is 41.8 Å². The average molecular weight is 399 g/mol. The molecule has 1 fully saturated rings. The predicted octanol–water partition coefficient (Wildman–Crippen LogP) is 4.36. The van der Waals surface area contributed by atoms with Crippen molar-refractivity contribution in [2.45, 2.75) is 44.3 Å². The normalized spacial score (nSPS) is 17.0. The van der Waals surface area contributed by atoms with E-state index in [2.05, 4.69) is 9.97 Å². The van der Waals surface area contributed by atoms with Crippen molar-refractivity contribution in [3.05, 3.63) is 60.0 Å². The maximum atomic E-state index is 12.8. The minimum absolute atomic E-state index is 0.0402. The molecule has 6 nitrogen and oxygen atoms in total. The number of pyridine rings is 1. The SMILES string of the molecule is O=C(OCc1ccccc1)N1CCCC[C@H]1Cn1c(CCl)nc2cccnc21. The number of ether oxygens (including phenoxy) is 1. The second-order valence-corrected chi connectivity index (χ2v) is 7.27. The van der Waals surface area contributed by atoms with Crippen LogP contribution >= 0.6 is 11.6 Å². The largest absolute Gasteiger partial charge is 0.445 e. The molecule has 146 valence electrons. The standard InChI is InChI=1S/C21H23ClN4O2/c22-13-19-24-18-10-6-11-23-20(18)26(19)14-17-9-4-5-12-25(17)21(27)28-15-16-7-2-1-3-8-16/h1-3,6-8,10-11,17H,4-5,9,12-15H2/t17-/m0/s1. The number of hydrogen-bond acceptors (Lipinski definition) is 4. The van der Waals surface area contributed by atoms with Crippen LogP contribution in [0.2, 0.25) is 0 Å². The molecule has 0 unspecified atom stereocenters. The lowest BCUT2D eigenvalue weighted by atomic mass is 10.0. The highest BCUT2D eigenvalue weighted by molar-refractivity contribution is 6.16. The summed E-state index contributed by atoms with van der Waals surface area (Å²) in [4.78, 5) is 23.7. The molecule has 1 aromatic carbocycles. The van der Waals surface area contributed by atoms with Gasteiger partial charge in [0.2, 0.25) is 0 Å². The second kappa shape index (κ2) is 8.61. The maximum Gasteiger partial charge on any atom is 0.410 e. The highest BCUT2D eigenvalue weighted by Crippen LogP contribution is 2.23. The van der Waals surface area contributed by atoms with Crippen molar-refractivity contribution in [1.29, 1.82) is 0 Å². The monoisotopic (exact) mass is 398 g/mol. The van der Waals surface area contributed by atoms with Crippen LogP contribution in [-0.2, 0) is 23.8 Å². The van der Waals surface area contributed by atoms with Gasteiger partial charge in [0.15, 0.2) is 5.65 Å². The molecule has 1 atom stereocenters. The van der Waals surface area contributed by atoms with Gasteiger partial charge in [-0.25, -0.2) is 14.8 Å².